The van der Waals surface area contributed by atoms with Gasteiger partial charge in [-0.2, -0.15) is 0 Å². The average molecular weight is 299 g/mol. The first-order chi connectivity index (χ1) is 9.29. The molecule has 1 aromatic rings. The van der Waals surface area contributed by atoms with Crippen LogP contribution in [0.5, 0.6) is 0 Å². The van der Waals surface area contributed by atoms with Crippen LogP contribution in [0.25, 0.3) is 0 Å². The predicted octanol–water partition coefficient (Wildman–Crippen LogP) is 1.87. The maximum atomic E-state index is 11.0. The number of nitrogens with one attached hydrogen (secondary N) is 1. The highest BCUT2D eigenvalue weighted by molar-refractivity contribution is 7.90. The van der Waals surface area contributed by atoms with Crippen molar-refractivity contribution in [2.45, 2.75) is 32.3 Å². The second kappa shape index (κ2) is 7.76. The van der Waals surface area contributed by atoms with Gasteiger partial charge in [0.15, 0.2) is 0 Å². The standard InChI is InChI=1S/C15H25NO3S/c1-12(2)13-5-7-14(8-6-13)15(17)11-16-9-4-10-20(3,18)19/h5-8,12,15-17H,4,9-11H2,1-3H3. The van der Waals surface area contributed by atoms with Crippen LogP contribution in [0.4, 0.5) is 0 Å². The van der Waals surface area contributed by atoms with Crippen molar-refractivity contribution in [1.82, 2.24) is 5.32 Å². The van der Waals surface area contributed by atoms with E-state index in [2.05, 4.69) is 19.2 Å². The van der Waals surface area contributed by atoms with E-state index in [1.165, 1.54) is 11.8 Å². The minimum atomic E-state index is -2.89. The lowest BCUT2D eigenvalue weighted by Gasteiger charge is -2.13. The molecule has 0 aliphatic carbocycles. The van der Waals surface area contributed by atoms with Crippen LogP contribution < -0.4 is 5.32 Å². The van der Waals surface area contributed by atoms with Gasteiger partial charge in [0.25, 0.3) is 0 Å². The van der Waals surface area contributed by atoms with Crippen LogP contribution in [-0.2, 0) is 9.84 Å². The van der Waals surface area contributed by atoms with E-state index in [1.54, 1.807) is 0 Å². The van der Waals surface area contributed by atoms with Gasteiger partial charge in [-0.25, -0.2) is 8.42 Å². The molecule has 1 rings (SSSR count). The van der Waals surface area contributed by atoms with Gasteiger partial charge in [0.1, 0.15) is 9.84 Å². The Morgan fingerprint density at radius 3 is 2.20 bits per heavy atom. The molecule has 0 heterocycles. The lowest BCUT2D eigenvalue weighted by molar-refractivity contribution is 0.175. The summed E-state index contributed by atoms with van der Waals surface area (Å²) >= 11 is 0. The van der Waals surface area contributed by atoms with Crippen molar-refractivity contribution >= 4 is 9.84 Å². The molecule has 0 radical (unpaired) electrons. The summed E-state index contributed by atoms with van der Waals surface area (Å²) in [7, 11) is -2.89. The third-order valence-corrected chi connectivity index (χ3v) is 4.22. The Morgan fingerprint density at radius 2 is 1.70 bits per heavy atom. The molecular weight excluding hydrogens is 274 g/mol. The van der Waals surface area contributed by atoms with Crippen LogP contribution in [0, 0.1) is 0 Å². The number of benzene rings is 1. The molecule has 0 aromatic heterocycles. The molecule has 0 spiro atoms. The van der Waals surface area contributed by atoms with Crippen LogP contribution in [0.2, 0.25) is 0 Å². The fraction of sp³-hybridized carbons (Fsp3) is 0.600. The van der Waals surface area contributed by atoms with Crippen molar-refractivity contribution in [3.63, 3.8) is 0 Å². The summed E-state index contributed by atoms with van der Waals surface area (Å²) < 4.78 is 21.9. The van der Waals surface area contributed by atoms with E-state index < -0.39 is 15.9 Å². The topological polar surface area (TPSA) is 66.4 Å². The third-order valence-electron chi connectivity index (χ3n) is 3.19. The largest absolute Gasteiger partial charge is 0.387 e. The van der Waals surface area contributed by atoms with Crippen molar-refractivity contribution in [3.8, 4) is 0 Å². The molecule has 0 fully saturated rings. The normalized spacial score (nSPS) is 13.7. The second-order valence-electron chi connectivity index (χ2n) is 5.52. The van der Waals surface area contributed by atoms with Crippen LogP contribution in [0.15, 0.2) is 24.3 Å². The first-order valence-electron chi connectivity index (χ1n) is 6.96. The fourth-order valence-electron chi connectivity index (χ4n) is 1.92. The molecule has 5 heteroatoms. The fourth-order valence-corrected chi connectivity index (χ4v) is 2.59. The van der Waals surface area contributed by atoms with Gasteiger partial charge in [0, 0.05) is 12.8 Å². The maximum Gasteiger partial charge on any atom is 0.147 e. The Kier molecular flexibility index (Phi) is 6.65. The van der Waals surface area contributed by atoms with E-state index in [-0.39, 0.29) is 5.75 Å². The van der Waals surface area contributed by atoms with Gasteiger partial charge in [-0.15, -0.1) is 0 Å². The summed E-state index contributed by atoms with van der Waals surface area (Å²) in [5.74, 6) is 0.662. The van der Waals surface area contributed by atoms with Crippen molar-refractivity contribution in [2.24, 2.45) is 0 Å². The summed E-state index contributed by atoms with van der Waals surface area (Å²) in [6.45, 7) is 5.29. The molecule has 0 bridgehead atoms. The van der Waals surface area contributed by atoms with Gasteiger partial charge in [0.05, 0.1) is 11.9 Å². The summed E-state index contributed by atoms with van der Waals surface area (Å²) in [5, 5.41) is 13.1. The SMILES string of the molecule is CC(C)c1ccc(C(O)CNCCCS(C)(=O)=O)cc1. The Labute approximate surface area is 122 Å². The Bertz CT molecular complexity index is 494. The van der Waals surface area contributed by atoms with Gasteiger partial charge in [-0.3, -0.25) is 0 Å². The van der Waals surface area contributed by atoms with Gasteiger partial charge < -0.3 is 10.4 Å². The Morgan fingerprint density at radius 1 is 1.15 bits per heavy atom. The van der Waals surface area contributed by atoms with Crippen molar-refractivity contribution in [1.29, 1.82) is 0 Å². The first-order valence-corrected chi connectivity index (χ1v) is 9.02. The molecule has 0 aliphatic heterocycles. The molecule has 0 amide bonds. The molecule has 20 heavy (non-hydrogen) atoms. The quantitative estimate of drug-likeness (QED) is 0.719. The lowest BCUT2D eigenvalue weighted by atomic mass is 10.00. The summed E-state index contributed by atoms with van der Waals surface area (Å²) in [4.78, 5) is 0. The van der Waals surface area contributed by atoms with E-state index in [0.717, 1.165) is 5.56 Å². The molecule has 0 aliphatic rings. The zero-order valence-corrected chi connectivity index (χ0v) is 13.3. The summed E-state index contributed by atoms with van der Waals surface area (Å²) in [6, 6.07) is 7.95. The predicted molar refractivity (Wildman–Crippen MR) is 82.7 cm³/mol. The number of sulfone groups is 1. The number of aliphatic hydroxyl groups excluding tert-OH is 1. The zero-order valence-electron chi connectivity index (χ0n) is 12.5. The lowest BCUT2D eigenvalue weighted by Crippen LogP contribution is -2.24. The minimum Gasteiger partial charge on any atom is -0.387 e. The number of hydrogen-bond acceptors (Lipinski definition) is 4. The van der Waals surface area contributed by atoms with Crippen molar-refractivity contribution < 1.29 is 13.5 Å². The molecule has 1 atom stereocenters. The van der Waals surface area contributed by atoms with Crippen LogP contribution >= 0.6 is 0 Å². The number of aliphatic hydroxyl groups is 1. The van der Waals surface area contributed by atoms with Crippen LogP contribution in [-0.4, -0.2) is 38.6 Å². The third kappa shape index (κ3) is 6.50. The monoisotopic (exact) mass is 299 g/mol. The second-order valence-corrected chi connectivity index (χ2v) is 7.78. The van der Waals surface area contributed by atoms with Gasteiger partial charge in [0.2, 0.25) is 0 Å². The van der Waals surface area contributed by atoms with Gasteiger partial charge in [-0.1, -0.05) is 38.1 Å². The Hall–Kier alpha value is -0.910. The maximum absolute atomic E-state index is 11.0. The van der Waals surface area contributed by atoms with E-state index in [4.69, 9.17) is 0 Å². The van der Waals surface area contributed by atoms with E-state index >= 15 is 0 Å². The molecule has 114 valence electrons. The molecule has 1 aromatic carbocycles. The molecule has 0 saturated carbocycles. The number of hydrogen-bond donors (Lipinski definition) is 2. The van der Waals surface area contributed by atoms with Crippen molar-refractivity contribution in [2.75, 3.05) is 25.1 Å². The molecular formula is C15H25NO3S. The summed E-state index contributed by atoms with van der Waals surface area (Å²) in [5.41, 5.74) is 2.13. The van der Waals surface area contributed by atoms with E-state index in [9.17, 15) is 13.5 Å². The zero-order chi connectivity index (χ0) is 15.2. The van der Waals surface area contributed by atoms with Crippen molar-refractivity contribution in [3.05, 3.63) is 35.4 Å². The highest BCUT2D eigenvalue weighted by Crippen LogP contribution is 2.18. The highest BCUT2D eigenvalue weighted by atomic mass is 32.2. The summed E-state index contributed by atoms with van der Waals surface area (Å²) in [6.07, 6.45) is 1.24. The van der Waals surface area contributed by atoms with Gasteiger partial charge in [-0.05, 0) is 30.0 Å². The smallest absolute Gasteiger partial charge is 0.147 e. The Balaban J connectivity index is 2.34. The average Bonchev–Trinajstić information content (AvgIpc) is 2.37. The molecule has 2 N–H and O–H groups in total. The highest BCUT2D eigenvalue weighted by Gasteiger charge is 2.08. The van der Waals surface area contributed by atoms with E-state index in [1.807, 2.05) is 24.3 Å². The molecule has 1 unspecified atom stereocenters. The minimum absolute atomic E-state index is 0.180. The molecule has 0 saturated heterocycles. The van der Waals surface area contributed by atoms with Gasteiger partial charge >= 0.3 is 0 Å². The van der Waals surface area contributed by atoms with E-state index in [0.29, 0.717) is 25.4 Å². The first kappa shape index (κ1) is 17.1. The molecule has 4 nitrogen and oxygen atoms in total. The number of rotatable bonds is 8. The van der Waals surface area contributed by atoms with Crippen LogP contribution in [0.1, 0.15) is 43.4 Å². The van der Waals surface area contributed by atoms with Crippen LogP contribution in [0.3, 0.4) is 0 Å².